The van der Waals surface area contributed by atoms with Crippen molar-refractivity contribution in [3.8, 4) is 10.7 Å². The van der Waals surface area contributed by atoms with Gasteiger partial charge in [-0.3, -0.25) is 4.79 Å². The van der Waals surface area contributed by atoms with Gasteiger partial charge >= 0.3 is 0 Å². The van der Waals surface area contributed by atoms with Crippen molar-refractivity contribution in [2.45, 2.75) is 0 Å². The molecule has 2 aromatic heterocycles. The van der Waals surface area contributed by atoms with E-state index in [1.807, 2.05) is 18.2 Å². The first-order valence-electron chi connectivity index (χ1n) is 5.90. The molecular weight excluding hydrogens is 258 g/mol. The van der Waals surface area contributed by atoms with Crippen LogP contribution in [0.1, 0.15) is 10.5 Å². The third-order valence-corrected chi connectivity index (χ3v) is 3.77. The molecule has 0 fully saturated rings. The first-order valence-corrected chi connectivity index (χ1v) is 6.78. The number of aromatic nitrogens is 2. The lowest BCUT2D eigenvalue weighted by atomic mass is 10.2. The molecule has 0 bridgehead atoms. The number of para-hydroxylation sites is 1. The molecule has 0 saturated carbocycles. The molecule has 0 aliphatic heterocycles. The zero-order valence-corrected chi connectivity index (χ0v) is 11.5. The normalized spacial score (nSPS) is 10.8. The molecule has 0 aliphatic carbocycles. The number of aromatic amines is 1. The van der Waals surface area contributed by atoms with Gasteiger partial charge in [0, 0.05) is 30.4 Å². The summed E-state index contributed by atoms with van der Waals surface area (Å²) in [7, 11) is 3.45. The first-order chi connectivity index (χ1) is 9.15. The highest BCUT2D eigenvalue weighted by molar-refractivity contribution is 7.13. The number of benzene rings is 1. The van der Waals surface area contributed by atoms with Crippen LogP contribution in [0, 0.1) is 0 Å². The van der Waals surface area contributed by atoms with Crippen molar-refractivity contribution in [2.24, 2.45) is 0 Å². The summed E-state index contributed by atoms with van der Waals surface area (Å²) in [4.78, 5) is 21.1. The van der Waals surface area contributed by atoms with E-state index in [2.05, 4.69) is 22.1 Å². The van der Waals surface area contributed by atoms with Crippen LogP contribution in [0.5, 0.6) is 0 Å². The molecular formula is C14H13N3OS. The van der Waals surface area contributed by atoms with Gasteiger partial charge in [-0.05, 0) is 12.1 Å². The number of thiazole rings is 1. The minimum Gasteiger partial charge on any atom is -0.353 e. The Kier molecular flexibility index (Phi) is 2.83. The number of hydrogen-bond acceptors (Lipinski definition) is 3. The predicted octanol–water partition coefficient (Wildman–Crippen LogP) is 2.99. The SMILES string of the molecule is CN(C)C(=O)c1csc(-c2cc3ccccc3[nH]2)n1. The topological polar surface area (TPSA) is 49.0 Å². The van der Waals surface area contributed by atoms with E-state index in [1.54, 1.807) is 19.5 Å². The summed E-state index contributed by atoms with van der Waals surface area (Å²) in [6.07, 6.45) is 0. The lowest BCUT2D eigenvalue weighted by molar-refractivity contribution is 0.0823. The second-order valence-electron chi connectivity index (χ2n) is 4.51. The fourth-order valence-electron chi connectivity index (χ4n) is 1.91. The van der Waals surface area contributed by atoms with Crippen LogP contribution in [0.25, 0.3) is 21.6 Å². The molecule has 1 N–H and O–H groups in total. The molecule has 4 nitrogen and oxygen atoms in total. The Hall–Kier alpha value is -2.14. The zero-order valence-electron chi connectivity index (χ0n) is 10.7. The molecule has 2 heterocycles. The average Bonchev–Trinajstić information content (AvgIpc) is 3.03. The number of amides is 1. The van der Waals surface area contributed by atoms with Gasteiger partial charge < -0.3 is 9.88 Å². The van der Waals surface area contributed by atoms with Gasteiger partial charge in [0.15, 0.2) is 0 Å². The zero-order chi connectivity index (χ0) is 13.4. The van der Waals surface area contributed by atoms with Crippen molar-refractivity contribution in [1.29, 1.82) is 0 Å². The average molecular weight is 271 g/mol. The molecule has 5 heteroatoms. The number of nitrogens with one attached hydrogen (secondary N) is 1. The van der Waals surface area contributed by atoms with Crippen LogP contribution < -0.4 is 0 Å². The number of H-pyrrole nitrogens is 1. The van der Waals surface area contributed by atoms with Crippen LogP contribution in [0.2, 0.25) is 0 Å². The summed E-state index contributed by atoms with van der Waals surface area (Å²) in [6.45, 7) is 0. The maximum atomic E-state index is 11.8. The van der Waals surface area contributed by atoms with Crippen molar-refractivity contribution < 1.29 is 4.79 Å². The van der Waals surface area contributed by atoms with E-state index >= 15 is 0 Å². The van der Waals surface area contributed by atoms with E-state index in [1.165, 1.54) is 16.2 Å². The highest BCUT2D eigenvalue weighted by Gasteiger charge is 2.14. The third kappa shape index (κ3) is 2.13. The van der Waals surface area contributed by atoms with Crippen molar-refractivity contribution in [1.82, 2.24) is 14.9 Å². The molecule has 0 radical (unpaired) electrons. The molecule has 3 rings (SSSR count). The first kappa shape index (κ1) is 11.9. The Morgan fingerprint density at radius 3 is 2.84 bits per heavy atom. The Bertz CT molecular complexity index is 709. The van der Waals surface area contributed by atoms with Crippen molar-refractivity contribution in [2.75, 3.05) is 14.1 Å². The van der Waals surface area contributed by atoms with E-state index in [4.69, 9.17) is 0 Å². The van der Waals surface area contributed by atoms with E-state index in [0.717, 1.165) is 21.6 Å². The van der Waals surface area contributed by atoms with Gasteiger partial charge in [-0.15, -0.1) is 11.3 Å². The number of fused-ring (bicyclic) bond motifs is 1. The van der Waals surface area contributed by atoms with Crippen molar-refractivity contribution in [3.05, 3.63) is 41.4 Å². The quantitative estimate of drug-likeness (QED) is 0.779. The van der Waals surface area contributed by atoms with Gasteiger partial charge in [-0.1, -0.05) is 18.2 Å². The van der Waals surface area contributed by atoms with E-state index in [-0.39, 0.29) is 5.91 Å². The molecule has 96 valence electrons. The Morgan fingerprint density at radius 2 is 2.11 bits per heavy atom. The number of carbonyl (C=O) groups is 1. The van der Waals surface area contributed by atoms with Gasteiger partial charge in [0.1, 0.15) is 10.7 Å². The highest BCUT2D eigenvalue weighted by atomic mass is 32.1. The molecule has 1 aromatic carbocycles. The highest BCUT2D eigenvalue weighted by Crippen LogP contribution is 2.26. The fourth-order valence-corrected chi connectivity index (χ4v) is 2.68. The molecule has 3 aromatic rings. The van der Waals surface area contributed by atoms with Crippen molar-refractivity contribution >= 4 is 28.1 Å². The van der Waals surface area contributed by atoms with Crippen LogP contribution in [-0.2, 0) is 0 Å². The standard InChI is InChI=1S/C14H13N3OS/c1-17(2)14(18)12-8-19-13(16-12)11-7-9-5-3-4-6-10(9)15-11/h3-8,15H,1-2H3. The number of rotatable bonds is 2. The van der Waals surface area contributed by atoms with Gasteiger partial charge in [-0.2, -0.15) is 0 Å². The number of carbonyl (C=O) groups excluding carboxylic acids is 1. The Morgan fingerprint density at radius 1 is 1.32 bits per heavy atom. The van der Waals surface area contributed by atoms with Gasteiger partial charge in [0.2, 0.25) is 0 Å². The van der Waals surface area contributed by atoms with E-state index < -0.39 is 0 Å². The Labute approximate surface area is 114 Å². The summed E-state index contributed by atoms with van der Waals surface area (Å²) in [5, 5.41) is 3.78. The summed E-state index contributed by atoms with van der Waals surface area (Å²) in [5.74, 6) is -0.0707. The van der Waals surface area contributed by atoms with Gasteiger partial charge in [-0.25, -0.2) is 4.98 Å². The maximum Gasteiger partial charge on any atom is 0.272 e. The molecule has 0 atom stereocenters. The maximum absolute atomic E-state index is 11.8. The fraction of sp³-hybridized carbons (Fsp3) is 0.143. The third-order valence-electron chi connectivity index (χ3n) is 2.89. The lowest BCUT2D eigenvalue weighted by Crippen LogP contribution is -2.21. The van der Waals surface area contributed by atoms with Crippen LogP contribution in [-0.4, -0.2) is 34.9 Å². The van der Waals surface area contributed by atoms with Crippen molar-refractivity contribution in [3.63, 3.8) is 0 Å². The number of hydrogen-bond donors (Lipinski definition) is 1. The molecule has 0 unspecified atom stereocenters. The molecule has 0 saturated heterocycles. The summed E-state index contributed by atoms with van der Waals surface area (Å²) < 4.78 is 0. The van der Waals surface area contributed by atoms with Crippen LogP contribution >= 0.6 is 11.3 Å². The molecule has 0 aliphatic rings. The minimum absolute atomic E-state index is 0.0707. The largest absolute Gasteiger partial charge is 0.353 e. The van der Waals surface area contributed by atoms with E-state index in [0.29, 0.717) is 5.69 Å². The number of nitrogens with zero attached hydrogens (tertiary/aromatic N) is 2. The van der Waals surface area contributed by atoms with Gasteiger partial charge in [0.05, 0.1) is 5.69 Å². The molecule has 1 amide bonds. The molecule has 19 heavy (non-hydrogen) atoms. The Balaban J connectivity index is 2.00. The summed E-state index contributed by atoms with van der Waals surface area (Å²) in [5.41, 5.74) is 2.51. The van der Waals surface area contributed by atoms with Crippen LogP contribution in [0.4, 0.5) is 0 Å². The van der Waals surface area contributed by atoms with E-state index in [9.17, 15) is 4.79 Å². The summed E-state index contributed by atoms with van der Waals surface area (Å²) >= 11 is 1.47. The monoisotopic (exact) mass is 271 g/mol. The van der Waals surface area contributed by atoms with Crippen LogP contribution in [0.15, 0.2) is 35.7 Å². The lowest BCUT2D eigenvalue weighted by Gasteiger charge is -2.06. The second kappa shape index (κ2) is 4.51. The second-order valence-corrected chi connectivity index (χ2v) is 5.37. The minimum atomic E-state index is -0.0707. The molecule has 0 spiro atoms. The summed E-state index contributed by atoms with van der Waals surface area (Å²) in [6, 6.07) is 10.1. The van der Waals surface area contributed by atoms with Gasteiger partial charge in [0.25, 0.3) is 5.91 Å². The smallest absolute Gasteiger partial charge is 0.272 e. The van der Waals surface area contributed by atoms with Crippen LogP contribution in [0.3, 0.4) is 0 Å². The predicted molar refractivity (Wildman–Crippen MR) is 77.4 cm³/mol.